The molecule has 2 amide bonds. The van der Waals surface area contributed by atoms with Crippen LogP contribution in [-0.2, 0) is 11.2 Å². The highest BCUT2D eigenvalue weighted by Crippen LogP contribution is 2.39. The Morgan fingerprint density at radius 2 is 1.72 bits per heavy atom. The van der Waals surface area contributed by atoms with Crippen LogP contribution in [0.4, 0.5) is 10.5 Å². The Morgan fingerprint density at radius 1 is 1.07 bits per heavy atom. The first-order chi connectivity index (χ1) is 14.0. The molecule has 2 aromatic rings. The molecule has 2 N–H and O–H groups in total. The number of carbonyl (C=O) groups is 2. The van der Waals surface area contributed by atoms with Crippen molar-refractivity contribution in [1.29, 1.82) is 0 Å². The molecule has 0 bridgehead atoms. The number of hydrogen-bond acceptors (Lipinski definition) is 5. The van der Waals surface area contributed by atoms with Crippen molar-refractivity contribution in [3.05, 3.63) is 47.5 Å². The van der Waals surface area contributed by atoms with Gasteiger partial charge >= 0.3 is 12.0 Å². The van der Waals surface area contributed by atoms with E-state index < -0.39 is 12.0 Å². The molecular formula is C21H24N2O6. The summed E-state index contributed by atoms with van der Waals surface area (Å²) in [6, 6.07) is 9.58. The van der Waals surface area contributed by atoms with Crippen LogP contribution in [0, 0.1) is 0 Å². The van der Waals surface area contributed by atoms with Gasteiger partial charge in [0.25, 0.3) is 0 Å². The van der Waals surface area contributed by atoms with E-state index >= 15 is 0 Å². The number of benzene rings is 2. The molecule has 0 aliphatic carbocycles. The lowest BCUT2D eigenvalue weighted by atomic mass is 9.90. The minimum Gasteiger partial charge on any atom is -0.497 e. The van der Waals surface area contributed by atoms with E-state index in [1.807, 2.05) is 6.07 Å². The molecule has 0 aromatic heterocycles. The third-order valence-corrected chi connectivity index (χ3v) is 4.97. The smallest absolute Gasteiger partial charge is 0.322 e. The fourth-order valence-corrected chi connectivity index (χ4v) is 3.53. The van der Waals surface area contributed by atoms with Crippen LogP contribution < -0.4 is 19.5 Å². The maximum atomic E-state index is 12.9. The number of urea groups is 1. The third-order valence-electron chi connectivity index (χ3n) is 4.97. The number of nitrogens with zero attached hydrogens (tertiary/aromatic N) is 1. The van der Waals surface area contributed by atoms with Gasteiger partial charge in [0.05, 0.1) is 33.8 Å². The Kier molecular flexibility index (Phi) is 6.11. The monoisotopic (exact) mass is 400 g/mol. The van der Waals surface area contributed by atoms with Gasteiger partial charge in [-0.05, 0) is 53.9 Å². The predicted octanol–water partition coefficient (Wildman–Crippen LogP) is 3.32. The van der Waals surface area contributed by atoms with Gasteiger partial charge < -0.3 is 29.5 Å². The number of ether oxygens (including phenoxy) is 3. The summed E-state index contributed by atoms with van der Waals surface area (Å²) < 4.78 is 15.8. The van der Waals surface area contributed by atoms with E-state index in [9.17, 15) is 14.7 Å². The van der Waals surface area contributed by atoms with Crippen molar-refractivity contribution in [2.24, 2.45) is 0 Å². The van der Waals surface area contributed by atoms with Gasteiger partial charge in [0.15, 0.2) is 11.5 Å². The normalized spacial score (nSPS) is 15.3. The average Bonchev–Trinajstić information content (AvgIpc) is 2.73. The van der Waals surface area contributed by atoms with Crippen molar-refractivity contribution in [3.63, 3.8) is 0 Å². The van der Waals surface area contributed by atoms with Crippen molar-refractivity contribution in [3.8, 4) is 17.2 Å². The lowest BCUT2D eigenvalue weighted by molar-refractivity contribution is -0.138. The molecule has 29 heavy (non-hydrogen) atoms. The zero-order chi connectivity index (χ0) is 21.0. The van der Waals surface area contributed by atoms with Crippen molar-refractivity contribution in [1.82, 2.24) is 4.90 Å². The molecule has 154 valence electrons. The minimum atomic E-state index is -0.986. The van der Waals surface area contributed by atoms with E-state index in [0.717, 1.165) is 11.1 Å². The van der Waals surface area contributed by atoms with Crippen LogP contribution in [0.25, 0.3) is 0 Å². The number of carbonyl (C=O) groups excluding carboxylic acids is 1. The first-order valence-electron chi connectivity index (χ1n) is 9.15. The average molecular weight is 400 g/mol. The van der Waals surface area contributed by atoms with E-state index in [0.29, 0.717) is 35.9 Å². The maximum absolute atomic E-state index is 12.9. The minimum absolute atomic E-state index is 0.210. The van der Waals surface area contributed by atoms with Gasteiger partial charge in [-0.2, -0.15) is 0 Å². The summed E-state index contributed by atoms with van der Waals surface area (Å²) in [5, 5.41) is 12.3. The SMILES string of the molecule is COc1ccc(NC(=O)N2CCc3cc(OC)c(OC)cc3[C@@H]2CC(=O)O)cc1. The molecule has 0 saturated carbocycles. The summed E-state index contributed by atoms with van der Waals surface area (Å²) in [5.74, 6) is 0.773. The molecule has 1 aliphatic heterocycles. The van der Waals surface area contributed by atoms with Crippen LogP contribution in [0.1, 0.15) is 23.6 Å². The van der Waals surface area contributed by atoms with Crippen LogP contribution in [0.5, 0.6) is 17.2 Å². The summed E-state index contributed by atoms with van der Waals surface area (Å²) in [7, 11) is 4.64. The van der Waals surface area contributed by atoms with Crippen LogP contribution >= 0.6 is 0 Å². The van der Waals surface area contributed by atoms with Crippen LogP contribution in [0.15, 0.2) is 36.4 Å². The molecule has 1 heterocycles. The zero-order valence-electron chi connectivity index (χ0n) is 16.6. The van der Waals surface area contributed by atoms with Crippen LogP contribution in [-0.4, -0.2) is 49.9 Å². The molecule has 3 rings (SSSR count). The lowest BCUT2D eigenvalue weighted by Crippen LogP contribution is -2.43. The number of carboxylic acid groups (broad SMARTS) is 1. The van der Waals surface area contributed by atoms with Crippen LogP contribution in [0.2, 0.25) is 0 Å². The van der Waals surface area contributed by atoms with Crippen LogP contribution in [0.3, 0.4) is 0 Å². The summed E-state index contributed by atoms with van der Waals surface area (Å²) >= 11 is 0. The van der Waals surface area contributed by atoms with Gasteiger partial charge in [-0.1, -0.05) is 0 Å². The summed E-state index contributed by atoms with van der Waals surface area (Å²) in [5.41, 5.74) is 2.30. The van der Waals surface area contributed by atoms with E-state index in [1.54, 1.807) is 49.5 Å². The number of nitrogens with one attached hydrogen (secondary N) is 1. The topological polar surface area (TPSA) is 97.3 Å². The Labute approximate surface area is 169 Å². The number of hydrogen-bond donors (Lipinski definition) is 2. The summed E-state index contributed by atoms with van der Waals surface area (Å²) in [6.45, 7) is 0.391. The highest BCUT2D eigenvalue weighted by atomic mass is 16.5. The van der Waals surface area contributed by atoms with Gasteiger partial charge in [0.1, 0.15) is 5.75 Å². The first kappa shape index (κ1) is 20.3. The summed E-state index contributed by atoms with van der Waals surface area (Å²) in [6.07, 6.45) is 0.375. The second-order valence-electron chi connectivity index (χ2n) is 6.62. The van der Waals surface area contributed by atoms with Gasteiger partial charge in [-0.3, -0.25) is 4.79 Å². The quantitative estimate of drug-likeness (QED) is 0.772. The highest BCUT2D eigenvalue weighted by Gasteiger charge is 2.33. The number of fused-ring (bicyclic) bond motifs is 1. The first-order valence-corrected chi connectivity index (χ1v) is 9.15. The van der Waals surface area contributed by atoms with Crippen molar-refractivity contribution < 1.29 is 28.9 Å². The number of amides is 2. The largest absolute Gasteiger partial charge is 0.497 e. The van der Waals surface area contributed by atoms with Gasteiger partial charge in [-0.15, -0.1) is 0 Å². The van der Waals surface area contributed by atoms with E-state index in [1.165, 1.54) is 7.11 Å². The molecule has 0 fully saturated rings. The molecule has 8 heteroatoms. The summed E-state index contributed by atoms with van der Waals surface area (Å²) in [4.78, 5) is 26.0. The van der Waals surface area contributed by atoms with Gasteiger partial charge in [0.2, 0.25) is 0 Å². The van der Waals surface area contributed by atoms with Gasteiger partial charge in [-0.25, -0.2) is 4.79 Å². The Morgan fingerprint density at radius 3 is 2.31 bits per heavy atom. The van der Waals surface area contributed by atoms with Crippen molar-refractivity contribution >= 4 is 17.7 Å². The number of anilines is 1. The molecule has 1 aliphatic rings. The predicted molar refractivity (Wildman–Crippen MR) is 107 cm³/mol. The number of aliphatic carboxylic acids is 1. The standard InChI is InChI=1S/C21H24N2O6/c1-27-15-6-4-14(5-7-15)22-21(26)23-9-8-13-10-18(28-2)19(29-3)11-16(13)17(23)12-20(24)25/h4-7,10-11,17H,8-9,12H2,1-3H3,(H,22,26)(H,24,25)/t17-/m0/s1. The van der Waals surface area contributed by atoms with E-state index in [-0.39, 0.29) is 12.5 Å². The Bertz CT molecular complexity index is 897. The maximum Gasteiger partial charge on any atom is 0.322 e. The van der Waals surface area contributed by atoms with Crippen molar-refractivity contribution in [2.75, 3.05) is 33.2 Å². The fourth-order valence-electron chi connectivity index (χ4n) is 3.53. The van der Waals surface area contributed by atoms with Gasteiger partial charge in [0, 0.05) is 12.2 Å². The van der Waals surface area contributed by atoms with E-state index in [2.05, 4.69) is 5.32 Å². The zero-order valence-corrected chi connectivity index (χ0v) is 16.6. The number of carboxylic acids is 1. The molecule has 0 saturated heterocycles. The van der Waals surface area contributed by atoms with E-state index in [4.69, 9.17) is 14.2 Å². The fraction of sp³-hybridized carbons (Fsp3) is 0.333. The Balaban J connectivity index is 1.90. The molecule has 0 unspecified atom stereocenters. The second-order valence-corrected chi connectivity index (χ2v) is 6.62. The molecule has 0 spiro atoms. The molecular weight excluding hydrogens is 376 g/mol. The molecule has 1 atom stereocenters. The number of rotatable bonds is 6. The molecule has 8 nitrogen and oxygen atoms in total. The Hall–Kier alpha value is -3.42. The number of methoxy groups -OCH3 is 3. The second kappa shape index (κ2) is 8.72. The highest BCUT2D eigenvalue weighted by molar-refractivity contribution is 5.90. The lowest BCUT2D eigenvalue weighted by Gasteiger charge is -2.37. The third kappa shape index (κ3) is 4.37. The molecule has 0 radical (unpaired) electrons. The van der Waals surface area contributed by atoms with Crippen molar-refractivity contribution in [2.45, 2.75) is 18.9 Å². The molecule has 2 aromatic carbocycles.